The molecule has 0 spiro atoms. The fourth-order valence-corrected chi connectivity index (χ4v) is 1.65. The fraction of sp³-hybridized carbons (Fsp3) is 0.231. The summed E-state index contributed by atoms with van der Waals surface area (Å²) < 4.78 is 5.64. The minimum atomic E-state index is -0.0735. The van der Waals surface area contributed by atoms with Gasteiger partial charge in [-0.15, -0.1) is 0 Å². The SMILES string of the molecule is C=CC(=O)N1CC(Oc2cccc(C#N)c2)C1. The molecule has 0 radical (unpaired) electrons. The van der Waals surface area contributed by atoms with Gasteiger partial charge in [0.15, 0.2) is 0 Å². The van der Waals surface area contributed by atoms with Gasteiger partial charge in [-0.2, -0.15) is 5.26 Å². The van der Waals surface area contributed by atoms with Gasteiger partial charge in [-0.25, -0.2) is 0 Å². The second-order valence-electron chi connectivity index (χ2n) is 3.83. The maximum absolute atomic E-state index is 11.2. The monoisotopic (exact) mass is 228 g/mol. The summed E-state index contributed by atoms with van der Waals surface area (Å²) in [7, 11) is 0. The number of amides is 1. The lowest BCUT2D eigenvalue weighted by Gasteiger charge is -2.38. The molecule has 0 aromatic heterocycles. The lowest BCUT2D eigenvalue weighted by atomic mass is 10.1. The van der Waals surface area contributed by atoms with E-state index in [4.69, 9.17) is 10.00 Å². The Balaban J connectivity index is 1.90. The zero-order chi connectivity index (χ0) is 12.3. The molecule has 1 heterocycles. The van der Waals surface area contributed by atoms with E-state index in [1.54, 1.807) is 29.2 Å². The molecule has 0 bridgehead atoms. The van der Waals surface area contributed by atoms with E-state index >= 15 is 0 Å². The van der Waals surface area contributed by atoms with Crippen LogP contribution in [0.5, 0.6) is 5.75 Å². The van der Waals surface area contributed by atoms with Gasteiger partial charge in [0.25, 0.3) is 0 Å². The zero-order valence-electron chi connectivity index (χ0n) is 9.30. The van der Waals surface area contributed by atoms with Crippen LogP contribution in [0.4, 0.5) is 0 Å². The van der Waals surface area contributed by atoms with Gasteiger partial charge < -0.3 is 9.64 Å². The first-order valence-electron chi connectivity index (χ1n) is 5.31. The van der Waals surface area contributed by atoms with Crippen LogP contribution in [-0.4, -0.2) is 30.0 Å². The summed E-state index contributed by atoms with van der Waals surface area (Å²) in [6.45, 7) is 4.57. The van der Waals surface area contributed by atoms with E-state index in [2.05, 4.69) is 12.6 Å². The Morgan fingerprint density at radius 2 is 2.35 bits per heavy atom. The van der Waals surface area contributed by atoms with Gasteiger partial charge in [-0.1, -0.05) is 12.6 Å². The number of likely N-dealkylation sites (tertiary alicyclic amines) is 1. The summed E-state index contributed by atoms with van der Waals surface area (Å²) in [5.74, 6) is 0.593. The Hall–Kier alpha value is -2.28. The van der Waals surface area contributed by atoms with Crippen LogP contribution in [0.15, 0.2) is 36.9 Å². The fourth-order valence-electron chi connectivity index (χ4n) is 1.65. The number of hydrogen-bond donors (Lipinski definition) is 0. The molecule has 1 fully saturated rings. The van der Waals surface area contributed by atoms with Crippen molar-refractivity contribution in [1.82, 2.24) is 4.90 Å². The highest BCUT2D eigenvalue weighted by molar-refractivity contribution is 5.87. The standard InChI is InChI=1S/C13H12N2O2/c1-2-13(16)15-8-12(9-15)17-11-5-3-4-10(6-11)7-14/h2-6,12H,1,8-9H2. The van der Waals surface area contributed by atoms with Gasteiger partial charge in [0.1, 0.15) is 11.9 Å². The zero-order valence-corrected chi connectivity index (χ0v) is 9.30. The third-order valence-electron chi connectivity index (χ3n) is 2.60. The van der Waals surface area contributed by atoms with Crippen molar-refractivity contribution in [2.45, 2.75) is 6.10 Å². The van der Waals surface area contributed by atoms with E-state index in [0.29, 0.717) is 24.4 Å². The van der Waals surface area contributed by atoms with Crippen molar-refractivity contribution < 1.29 is 9.53 Å². The molecule has 1 saturated heterocycles. The van der Waals surface area contributed by atoms with E-state index in [1.807, 2.05) is 0 Å². The number of hydrogen-bond acceptors (Lipinski definition) is 3. The van der Waals surface area contributed by atoms with Crippen LogP contribution in [0.2, 0.25) is 0 Å². The molecule has 4 heteroatoms. The number of benzene rings is 1. The van der Waals surface area contributed by atoms with Crippen molar-refractivity contribution in [3.05, 3.63) is 42.5 Å². The number of rotatable bonds is 3. The van der Waals surface area contributed by atoms with Crippen molar-refractivity contribution in [2.75, 3.05) is 13.1 Å². The average molecular weight is 228 g/mol. The van der Waals surface area contributed by atoms with Crippen molar-refractivity contribution >= 4 is 5.91 Å². The molecule has 0 atom stereocenters. The number of carbonyl (C=O) groups is 1. The van der Waals surface area contributed by atoms with E-state index < -0.39 is 0 Å². The van der Waals surface area contributed by atoms with Crippen LogP contribution in [0.1, 0.15) is 5.56 Å². The van der Waals surface area contributed by atoms with E-state index in [0.717, 1.165) is 0 Å². The molecular formula is C13H12N2O2. The predicted octanol–water partition coefficient (Wildman–Crippen LogP) is 1.33. The van der Waals surface area contributed by atoms with E-state index in [-0.39, 0.29) is 12.0 Å². The Labute approximate surface area is 99.7 Å². The molecule has 1 aliphatic heterocycles. The molecule has 4 nitrogen and oxygen atoms in total. The van der Waals surface area contributed by atoms with Crippen LogP contribution in [-0.2, 0) is 4.79 Å². The lowest BCUT2D eigenvalue weighted by molar-refractivity contribution is -0.134. The van der Waals surface area contributed by atoms with Crippen molar-refractivity contribution in [3.8, 4) is 11.8 Å². The first-order valence-corrected chi connectivity index (χ1v) is 5.31. The van der Waals surface area contributed by atoms with Crippen molar-refractivity contribution in [3.63, 3.8) is 0 Å². The summed E-state index contributed by atoms with van der Waals surface area (Å²) in [4.78, 5) is 12.9. The molecule has 1 aromatic rings. The number of carbonyl (C=O) groups excluding carboxylic acids is 1. The molecule has 17 heavy (non-hydrogen) atoms. The maximum Gasteiger partial charge on any atom is 0.246 e. The molecule has 0 aliphatic carbocycles. The number of ether oxygens (including phenoxy) is 1. The van der Waals surface area contributed by atoms with Gasteiger partial charge in [0.2, 0.25) is 5.91 Å². The van der Waals surface area contributed by atoms with Gasteiger partial charge in [-0.05, 0) is 24.3 Å². The Bertz CT molecular complexity index is 484. The molecule has 1 amide bonds. The highest BCUT2D eigenvalue weighted by Crippen LogP contribution is 2.19. The van der Waals surface area contributed by atoms with Gasteiger partial charge in [0.05, 0.1) is 24.7 Å². The summed E-state index contributed by atoms with van der Waals surface area (Å²) in [6, 6.07) is 9.05. The van der Waals surface area contributed by atoms with Crippen LogP contribution in [0, 0.1) is 11.3 Å². The second-order valence-corrected chi connectivity index (χ2v) is 3.83. The molecule has 0 unspecified atom stereocenters. The number of nitriles is 1. The third-order valence-corrected chi connectivity index (χ3v) is 2.60. The van der Waals surface area contributed by atoms with Gasteiger partial charge in [0, 0.05) is 0 Å². The molecule has 0 N–H and O–H groups in total. The first-order chi connectivity index (χ1) is 8.22. The third kappa shape index (κ3) is 2.45. The van der Waals surface area contributed by atoms with Crippen LogP contribution >= 0.6 is 0 Å². The van der Waals surface area contributed by atoms with Crippen molar-refractivity contribution in [1.29, 1.82) is 5.26 Å². The summed E-state index contributed by atoms with van der Waals surface area (Å²) in [5, 5.41) is 8.74. The highest BCUT2D eigenvalue weighted by Gasteiger charge is 2.30. The highest BCUT2D eigenvalue weighted by atomic mass is 16.5. The summed E-state index contributed by atoms with van der Waals surface area (Å²) in [6.07, 6.45) is 1.31. The molecule has 1 aromatic carbocycles. The van der Waals surface area contributed by atoms with Crippen molar-refractivity contribution in [2.24, 2.45) is 0 Å². The Morgan fingerprint density at radius 1 is 1.59 bits per heavy atom. The topological polar surface area (TPSA) is 53.3 Å². The van der Waals surface area contributed by atoms with E-state index in [1.165, 1.54) is 6.08 Å². The minimum absolute atomic E-state index is 0.00726. The summed E-state index contributed by atoms with van der Waals surface area (Å²) in [5.41, 5.74) is 0.570. The van der Waals surface area contributed by atoms with Crippen LogP contribution in [0.25, 0.3) is 0 Å². The Morgan fingerprint density at radius 3 is 3.00 bits per heavy atom. The van der Waals surface area contributed by atoms with Gasteiger partial charge in [-0.3, -0.25) is 4.79 Å². The average Bonchev–Trinajstić information content (AvgIpc) is 2.32. The second kappa shape index (κ2) is 4.71. The normalized spacial score (nSPS) is 14.6. The maximum atomic E-state index is 11.2. The Kier molecular flexibility index (Phi) is 3.10. The quantitative estimate of drug-likeness (QED) is 0.733. The molecule has 0 saturated carbocycles. The van der Waals surface area contributed by atoms with E-state index in [9.17, 15) is 4.79 Å². The van der Waals surface area contributed by atoms with Crippen LogP contribution < -0.4 is 4.74 Å². The molecule has 1 aliphatic rings. The summed E-state index contributed by atoms with van der Waals surface area (Å²) >= 11 is 0. The van der Waals surface area contributed by atoms with Crippen LogP contribution in [0.3, 0.4) is 0 Å². The predicted molar refractivity (Wildman–Crippen MR) is 62.4 cm³/mol. The lowest BCUT2D eigenvalue weighted by Crippen LogP contribution is -2.55. The molecular weight excluding hydrogens is 216 g/mol. The first kappa shape index (κ1) is 11.2. The van der Waals surface area contributed by atoms with Gasteiger partial charge >= 0.3 is 0 Å². The molecule has 2 rings (SSSR count). The largest absolute Gasteiger partial charge is 0.487 e. The number of nitrogens with zero attached hydrogens (tertiary/aromatic N) is 2. The smallest absolute Gasteiger partial charge is 0.246 e. The molecule has 86 valence electrons. The minimum Gasteiger partial charge on any atom is -0.487 e.